The zero-order valence-electron chi connectivity index (χ0n) is 15.8. The van der Waals surface area contributed by atoms with Gasteiger partial charge in [-0.1, -0.05) is 17.7 Å². The van der Waals surface area contributed by atoms with Crippen LogP contribution in [0.2, 0.25) is 0 Å². The molecule has 1 N–H and O–H groups in total. The first-order chi connectivity index (χ1) is 13.8. The van der Waals surface area contributed by atoms with E-state index in [0.717, 1.165) is 5.56 Å². The fraction of sp³-hybridized carbons (Fsp3) is 0.350. The van der Waals surface area contributed by atoms with E-state index in [2.05, 4.69) is 10.1 Å². The van der Waals surface area contributed by atoms with Gasteiger partial charge < -0.3 is 10.1 Å². The summed E-state index contributed by atoms with van der Waals surface area (Å²) in [6.07, 6.45) is 0.813. The van der Waals surface area contributed by atoms with Gasteiger partial charge in [-0.15, -0.1) is 0 Å². The van der Waals surface area contributed by atoms with Gasteiger partial charge in [-0.3, -0.25) is 4.79 Å². The van der Waals surface area contributed by atoms with Crippen LogP contribution < -0.4 is 10.1 Å². The van der Waals surface area contributed by atoms with Crippen LogP contribution in [0.3, 0.4) is 0 Å². The predicted octanol–water partition coefficient (Wildman–Crippen LogP) is 3.64. The number of halogens is 2. The van der Waals surface area contributed by atoms with Crippen molar-refractivity contribution in [3.63, 3.8) is 0 Å². The molecule has 1 amide bonds. The molecule has 0 aliphatic carbocycles. The highest BCUT2D eigenvalue weighted by Gasteiger charge is 2.32. The Balaban J connectivity index is 1.56. The molecule has 0 spiro atoms. The van der Waals surface area contributed by atoms with Crippen molar-refractivity contribution in [2.24, 2.45) is 5.92 Å². The number of piperidine rings is 1. The number of aryl methyl sites for hydroxylation is 1. The number of amides is 1. The number of hydrogen-bond acceptors (Lipinski definition) is 4. The van der Waals surface area contributed by atoms with Crippen LogP contribution in [0.1, 0.15) is 18.4 Å². The number of sulfonamides is 1. The first kappa shape index (κ1) is 21.2. The van der Waals surface area contributed by atoms with E-state index in [-0.39, 0.29) is 35.6 Å². The summed E-state index contributed by atoms with van der Waals surface area (Å²) in [5, 5.41) is 2.73. The van der Waals surface area contributed by atoms with Crippen LogP contribution >= 0.6 is 0 Å². The molecule has 1 aliphatic rings. The molecule has 0 atom stereocenters. The average molecular weight is 424 g/mol. The highest BCUT2D eigenvalue weighted by atomic mass is 32.2. The number of carbonyl (C=O) groups is 1. The zero-order chi connectivity index (χ0) is 21.0. The van der Waals surface area contributed by atoms with Crippen molar-refractivity contribution in [1.29, 1.82) is 0 Å². The molecule has 2 aromatic rings. The van der Waals surface area contributed by atoms with Crippen molar-refractivity contribution >= 4 is 21.6 Å². The van der Waals surface area contributed by atoms with Crippen molar-refractivity contribution < 1.29 is 26.7 Å². The lowest BCUT2D eigenvalue weighted by atomic mass is 9.97. The number of alkyl halides is 2. The predicted molar refractivity (Wildman–Crippen MR) is 104 cm³/mol. The Labute approximate surface area is 168 Å². The number of benzene rings is 2. The van der Waals surface area contributed by atoms with Crippen molar-refractivity contribution in [3.05, 3.63) is 54.1 Å². The summed E-state index contributed by atoms with van der Waals surface area (Å²) in [7, 11) is -3.58. The maximum Gasteiger partial charge on any atom is 0.387 e. The van der Waals surface area contributed by atoms with Gasteiger partial charge in [-0.25, -0.2) is 8.42 Å². The normalized spacial score (nSPS) is 16.0. The third kappa shape index (κ3) is 5.30. The Hall–Kier alpha value is -2.52. The van der Waals surface area contributed by atoms with E-state index < -0.39 is 16.6 Å². The van der Waals surface area contributed by atoms with Crippen LogP contribution in [0.15, 0.2) is 53.4 Å². The minimum Gasteiger partial charge on any atom is -0.435 e. The summed E-state index contributed by atoms with van der Waals surface area (Å²) in [6, 6.07) is 12.3. The first-order valence-electron chi connectivity index (χ1n) is 9.18. The molecule has 1 aliphatic heterocycles. The fourth-order valence-electron chi connectivity index (χ4n) is 3.18. The molecule has 1 heterocycles. The highest BCUT2D eigenvalue weighted by Crippen LogP contribution is 2.25. The van der Waals surface area contributed by atoms with Crippen molar-refractivity contribution in [2.45, 2.75) is 31.3 Å². The Morgan fingerprint density at radius 2 is 1.66 bits per heavy atom. The lowest BCUT2D eigenvalue weighted by Gasteiger charge is -2.30. The van der Waals surface area contributed by atoms with Gasteiger partial charge in [0.15, 0.2) is 0 Å². The largest absolute Gasteiger partial charge is 0.435 e. The van der Waals surface area contributed by atoms with Gasteiger partial charge in [0.2, 0.25) is 15.9 Å². The van der Waals surface area contributed by atoms with Crippen LogP contribution in [0.25, 0.3) is 0 Å². The van der Waals surface area contributed by atoms with Crippen molar-refractivity contribution in [1.82, 2.24) is 4.31 Å². The molecule has 1 fully saturated rings. The Bertz CT molecular complexity index is 939. The Kier molecular flexibility index (Phi) is 6.49. The smallest absolute Gasteiger partial charge is 0.387 e. The van der Waals surface area contributed by atoms with Gasteiger partial charge in [-0.2, -0.15) is 13.1 Å². The topological polar surface area (TPSA) is 75.7 Å². The maximum atomic E-state index is 12.7. The average Bonchev–Trinajstić information content (AvgIpc) is 2.69. The molecule has 0 aromatic heterocycles. The lowest BCUT2D eigenvalue weighted by Crippen LogP contribution is -2.41. The number of hydrogen-bond donors (Lipinski definition) is 1. The van der Waals surface area contributed by atoms with Gasteiger partial charge in [-0.05, 0) is 56.2 Å². The summed E-state index contributed by atoms with van der Waals surface area (Å²) < 4.78 is 55.5. The fourth-order valence-corrected chi connectivity index (χ4v) is 4.65. The van der Waals surface area contributed by atoms with E-state index in [9.17, 15) is 22.0 Å². The second-order valence-electron chi connectivity index (χ2n) is 6.88. The van der Waals surface area contributed by atoms with E-state index in [1.54, 1.807) is 24.3 Å². The number of rotatable bonds is 6. The van der Waals surface area contributed by atoms with Gasteiger partial charge in [0.1, 0.15) is 5.75 Å². The van der Waals surface area contributed by atoms with Crippen LogP contribution in [-0.4, -0.2) is 38.3 Å². The number of carbonyl (C=O) groups excluding carboxylic acids is 1. The van der Waals surface area contributed by atoms with Crippen LogP contribution in [0.4, 0.5) is 14.5 Å². The zero-order valence-corrected chi connectivity index (χ0v) is 16.7. The summed E-state index contributed by atoms with van der Waals surface area (Å²) in [5.74, 6) is -0.538. The molecular weight excluding hydrogens is 402 g/mol. The van der Waals surface area contributed by atoms with Gasteiger partial charge in [0.25, 0.3) is 0 Å². The lowest BCUT2D eigenvalue weighted by molar-refractivity contribution is -0.120. The molecule has 29 heavy (non-hydrogen) atoms. The summed E-state index contributed by atoms with van der Waals surface area (Å²) in [6.45, 7) is -0.498. The molecule has 0 radical (unpaired) electrons. The standard InChI is InChI=1S/C20H22F2N2O4S/c1-14-2-8-18(9-3-14)29(26,27)24-12-10-15(11-13-24)19(25)23-16-4-6-17(7-5-16)28-20(21)22/h2-9,15,20H,10-13H2,1H3,(H,23,25). The second kappa shape index (κ2) is 8.87. The monoisotopic (exact) mass is 424 g/mol. The van der Waals surface area contributed by atoms with E-state index in [1.807, 2.05) is 6.92 Å². The quantitative estimate of drug-likeness (QED) is 0.768. The molecule has 2 aromatic carbocycles. The van der Waals surface area contributed by atoms with Crippen LogP contribution in [0.5, 0.6) is 5.75 Å². The number of nitrogens with zero attached hydrogens (tertiary/aromatic N) is 1. The minimum atomic E-state index is -3.58. The Morgan fingerprint density at radius 3 is 2.21 bits per heavy atom. The van der Waals surface area contributed by atoms with Crippen LogP contribution in [0, 0.1) is 12.8 Å². The number of nitrogens with one attached hydrogen (secondary N) is 1. The van der Waals surface area contributed by atoms with Crippen molar-refractivity contribution in [2.75, 3.05) is 18.4 Å². The molecule has 0 saturated carbocycles. The molecular formula is C20H22F2N2O4S. The third-order valence-electron chi connectivity index (χ3n) is 4.83. The maximum absolute atomic E-state index is 12.7. The summed E-state index contributed by atoms with van der Waals surface area (Å²) in [4.78, 5) is 12.7. The van der Waals surface area contributed by atoms with E-state index >= 15 is 0 Å². The molecule has 3 rings (SSSR count). The van der Waals surface area contributed by atoms with Gasteiger partial charge in [0, 0.05) is 24.7 Å². The molecule has 6 nitrogen and oxygen atoms in total. The SMILES string of the molecule is Cc1ccc(S(=O)(=O)N2CCC(C(=O)Nc3ccc(OC(F)F)cc3)CC2)cc1. The van der Waals surface area contributed by atoms with Crippen LogP contribution in [-0.2, 0) is 14.8 Å². The van der Waals surface area contributed by atoms with Gasteiger partial charge in [0.05, 0.1) is 4.90 Å². The molecule has 0 bridgehead atoms. The van der Waals surface area contributed by atoms with Crippen molar-refractivity contribution in [3.8, 4) is 5.75 Å². The molecule has 156 valence electrons. The highest BCUT2D eigenvalue weighted by molar-refractivity contribution is 7.89. The minimum absolute atomic E-state index is 0.00706. The molecule has 0 unspecified atom stereocenters. The molecule has 9 heteroatoms. The number of anilines is 1. The Morgan fingerprint density at radius 1 is 1.07 bits per heavy atom. The van der Waals surface area contributed by atoms with E-state index in [0.29, 0.717) is 18.5 Å². The molecule has 1 saturated heterocycles. The summed E-state index contributed by atoms with van der Waals surface area (Å²) in [5.41, 5.74) is 1.44. The third-order valence-corrected chi connectivity index (χ3v) is 6.74. The summed E-state index contributed by atoms with van der Waals surface area (Å²) >= 11 is 0. The number of ether oxygens (including phenoxy) is 1. The van der Waals surface area contributed by atoms with E-state index in [4.69, 9.17) is 0 Å². The first-order valence-corrected chi connectivity index (χ1v) is 10.6. The second-order valence-corrected chi connectivity index (χ2v) is 8.82. The van der Waals surface area contributed by atoms with E-state index in [1.165, 1.54) is 28.6 Å². The van der Waals surface area contributed by atoms with Gasteiger partial charge >= 0.3 is 6.61 Å².